The second-order valence-corrected chi connectivity index (χ2v) is 7.17. The van der Waals surface area contributed by atoms with Crippen LogP contribution in [0.2, 0.25) is 0 Å². The lowest BCUT2D eigenvalue weighted by molar-refractivity contribution is -0.133. The topological polar surface area (TPSA) is 67.9 Å². The van der Waals surface area contributed by atoms with Crippen molar-refractivity contribution in [3.05, 3.63) is 66.2 Å². The van der Waals surface area contributed by atoms with Gasteiger partial charge in [-0.1, -0.05) is 42.5 Å². The largest absolute Gasteiger partial charge is 0.486 e. The summed E-state index contributed by atoms with van der Waals surface area (Å²) in [6.45, 7) is 3.33. The highest BCUT2D eigenvalue weighted by atomic mass is 16.6. The number of nitrogens with one attached hydrogen (secondary N) is 1. The van der Waals surface area contributed by atoms with Crippen LogP contribution >= 0.6 is 0 Å². The third kappa shape index (κ3) is 4.54. The molecule has 1 N–H and O–H groups in total. The number of amides is 2. The predicted octanol–water partition coefficient (Wildman–Crippen LogP) is 3.64. The number of benzene rings is 3. The van der Waals surface area contributed by atoms with Crippen molar-refractivity contribution in [3.63, 3.8) is 0 Å². The fraction of sp³-hybridized carbons (Fsp3) is 0.250. The standard InChI is InChI=1S/C24H24N2O4/c1-2-26(24(28)14-17-7-8-18-5-3-4-6-19(18)13-17)16-23(27)25-20-9-10-21-22(15-20)30-12-11-29-21/h3-10,13,15H,2,11-12,14,16H2,1H3,(H,25,27). The van der Waals surface area contributed by atoms with Gasteiger partial charge < -0.3 is 19.7 Å². The molecule has 6 nitrogen and oxygen atoms in total. The second-order valence-electron chi connectivity index (χ2n) is 7.17. The number of hydrogen-bond acceptors (Lipinski definition) is 4. The Morgan fingerprint density at radius 2 is 1.70 bits per heavy atom. The molecule has 0 bridgehead atoms. The number of carbonyl (C=O) groups is 2. The van der Waals surface area contributed by atoms with E-state index in [1.54, 1.807) is 23.1 Å². The maximum Gasteiger partial charge on any atom is 0.243 e. The molecule has 2 amide bonds. The summed E-state index contributed by atoms with van der Waals surface area (Å²) >= 11 is 0. The van der Waals surface area contributed by atoms with E-state index in [2.05, 4.69) is 5.32 Å². The molecule has 0 aliphatic carbocycles. The van der Waals surface area contributed by atoms with Crippen LogP contribution in [0, 0.1) is 0 Å². The molecule has 3 aromatic rings. The van der Waals surface area contributed by atoms with Gasteiger partial charge >= 0.3 is 0 Å². The average molecular weight is 404 g/mol. The molecule has 1 heterocycles. The highest BCUT2D eigenvalue weighted by molar-refractivity contribution is 5.95. The fourth-order valence-corrected chi connectivity index (χ4v) is 3.51. The number of fused-ring (bicyclic) bond motifs is 2. The van der Waals surface area contributed by atoms with Crippen LogP contribution in [0.4, 0.5) is 5.69 Å². The smallest absolute Gasteiger partial charge is 0.243 e. The van der Waals surface area contributed by atoms with Crippen molar-refractivity contribution in [2.24, 2.45) is 0 Å². The Morgan fingerprint density at radius 3 is 2.50 bits per heavy atom. The molecule has 154 valence electrons. The maximum atomic E-state index is 12.8. The quantitative estimate of drug-likeness (QED) is 0.681. The van der Waals surface area contributed by atoms with E-state index in [9.17, 15) is 9.59 Å². The van der Waals surface area contributed by atoms with E-state index in [-0.39, 0.29) is 24.8 Å². The van der Waals surface area contributed by atoms with E-state index in [0.717, 1.165) is 16.3 Å². The summed E-state index contributed by atoms with van der Waals surface area (Å²) in [7, 11) is 0. The highest BCUT2D eigenvalue weighted by Gasteiger charge is 2.17. The van der Waals surface area contributed by atoms with Crippen LogP contribution in [-0.4, -0.2) is 43.0 Å². The van der Waals surface area contributed by atoms with Gasteiger partial charge in [-0.2, -0.15) is 0 Å². The summed E-state index contributed by atoms with van der Waals surface area (Å²) in [5.74, 6) is 0.948. The number of likely N-dealkylation sites (N-methyl/N-ethyl adjacent to an activating group) is 1. The monoisotopic (exact) mass is 404 g/mol. The lowest BCUT2D eigenvalue weighted by Crippen LogP contribution is -2.38. The number of rotatable bonds is 6. The third-order valence-electron chi connectivity index (χ3n) is 5.06. The van der Waals surface area contributed by atoms with Crippen molar-refractivity contribution in [1.29, 1.82) is 0 Å². The van der Waals surface area contributed by atoms with Gasteiger partial charge in [0.05, 0.1) is 13.0 Å². The SMILES string of the molecule is CCN(CC(=O)Nc1ccc2c(c1)OCCO2)C(=O)Cc1ccc2ccccc2c1. The van der Waals surface area contributed by atoms with E-state index in [4.69, 9.17) is 9.47 Å². The van der Waals surface area contributed by atoms with Crippen LogP contribution in [0.3, 0.4) is 0 Å². The molecule has 0 saturated carbocycles. The average Bonchev–Trinajstić information content (AvgIpc) is 2.77. The molecule has 3 aromatic carbocycles. The third-order valence-corrected chi connectivity index (χ3v) is 5.06. The molecule has 30 heavy (non-hydrogen) atoms. The summed E-state index contributed by atoms with van der Waals surface area (Å²) in [5, 5.41) is 5.07. The Balaban J connectivity index is 1.38. The number of carbonyl (C=O) groups excluding carboxylic acids is 2. The van der Waals surface area contributed by atoms with Crippen molar-refractivity contribution < 1.29 is 19.1 Å². The number of nitrogens with zero attached hydrogens (tertiary/aromatic N) is 1. The summed E-state index contributed by atoms with van der Waals surface area (Å²) < 4.78 is 11.0. The normalized spacial score (nSPS) is 12.4. The van der Waals surface area contributed by atoms with E-state index < -0.39 is 0 Å². The molecule has 0 atom stereocenters. The minimum atomic E-state index is -0.250. The molecule has 0 spiro atoms. The van der Waals surface area contributed by atoms with Crippen LogP contribution in [0.1, 0.15) is 12.5 Å². The van der Waals surface area contributed by atoms with Gasteiger partial charge in [-0.25, -0.2) is 0 Å². The molecule has 0 unspecified atom stereocenters. The minimum Gasteiger partial charge on any atom is -0.486 e. The minimum absolute atomic E-state index is 0.00262. The number of anilines is 1. The molecule has 6 heteroatoms. The van der Waals surface area contributed by atoms with Crippen LogP contribution in [0.25, 0.3) is 10.8 Å². The van der Waals surface area contributed by atoms with Crippen molar-refractivity contribution in [2.75, 3.05) is 31.6 Å². The van der Waals surface area contributed by atoms with E-state index in [1.165, 1.54) is 0 Å². The maximum absolute atomic E-state index is 12.8. The van der Waals surface area contributed by atoms with Crippen molar-refractivity contribution >= 4 is 28.3 Å². The number of hydrogen-bond donors (Lipinski definition) is 1. The molecular formula is C24H24N2O4. The van der Waals surface area contributed by atoms with Crippen molar-refractivity contribution in [1.82, 2.24) is 4.90 Å². The zero-order valence-corrected chi connectivity index (χ0v) is 16.9. The second kappa shape index (κ2) is 8.86. The summed E-state index contributed by atoms with van der Waals surface area (Å²) in [6, 6.07) is 19.3. The molecule has 4 rings (SSSR count). The Morgan fingerprint density at radius 1 is 0.933 bits per heavy atom. The van der Waals surface area contributed by atoms with E-state index in [1.807, 2.05) is 49.4 Å². The lowest BCUT2D eigenvalue weighted by atomic mass is 10.0. The zero-order chi connectivity index (χ0) is 20.9. The Labute approximate surface area is 175 Å². The summed E-state index contributed by atoms with van der Waals surface area (Å²) in [4.78, 5) is 26.8. The molecule has 0 radical (unpaired) electrons. The van der Waals surface area contributed by atoms with Gasteiger partial charge in [0.25, 0.3) is 0 Å². The first-order valence-electron chi connectivity index (χ1n) is 10.1. The lowest BCUT2D eigenvalue weighted by Gasteiger charge is -2.21. The summed E-state index contributed by atoms with van der Waals surface area (Å²) in [6.07, 6.45) is 0.260. The highest BCUT2D eigenvalue weighted by Crippen LogP contribution is 2.32. The Bertz CT molecular complexity index is 1080. The first-order valence-corrected chi connectivity index (χ1v) is 10.1. The van der Waals surface area contributed by atoms with Gasteiger partial charge in [0.1, 0.15) is 13.2 Å². The van der Waals surface area contributed by atoms with Gasteiger partial charge in [0.2, 0.25) is 11.8 Å². The van der Waals surface area contributed by atoms with Crippen LogP contribution < -0.4 is 14.8 Å². The predicted molar refractivity (Wildman–Crippen MR) is 116 cm³/mol. The first-order chi connectivity index (χ1) is 14.6. The van der Waals surface area contributed by atoms with Gasteiger partial charge in [-0.05, 0) is 35.4 Å². The van der Waals surface area contributed by atoms with Gasteiger partial charge in [-0.3, -0.25) is 9.59 Å². The fourth-order valence-electron chi connectivity index (χ4n) is 3.51. The van der Waals surface area contributed by atoms with Crippen LogP contribution in [0.15, 0.2) is 60.7 Å². The zero-order valence-electron chi connectivity index (χ0n) is 16.9. The molecule has 0 fully saturated rings. The number of ether oxygens (including phenoxy) is 2. The van der Waals surface area contributed by atoms with Crippen LogP contribution in [0.5, 0.6) is 11.5 Å². The Kier molecular flexibility index (Phi) is 5.84. The summed E-state index contributed by atoms with van der Waals surface area (Å²) in [5.41, 5.74) is 1.55. The first kappa shape index (κ1) is 19.8. The van der Waals surface area contributed by atoms with Crippen molar-refractivity contribution in [3.8, 4) is 11.5 Å². The van der Waals surface area contributed by atoms with Crippen molar-refractivity contribution in [2.45, 2.75) is 13.3 Å². The van der Waals surface area contributed by atoms with E-state index in [0.29, 0.717) is 36.9 Å². The molecule has 1 aliphatic heterocycles. The molecule has 0 aromatic heterocycles. The van der Waals surface area contributed by atoms with E-state index >= 15 is 0 Å². The van der Waals surface area contributed by atoms with Crippen LogP contribution in [-0.2, 0) is 16.0 Å². The molecule has 0 saturated heterocycles. The molecular weight excluding hydrogens is 380 g/mol. The van der Waals surface area contributed by atoms with Gasteiger partial charge in [0.15, 0.2) is 11.5 Å². The van der Waals surface area contributed by atoms with Gasteiger partial charge in [0, 0.05) is 18.3 Å². The van der Waals surface area contributed by atoms with Gasteiger partial charge in [-0.15, -0.1) is 0 Å². The molecule has 1 aliphatic rings. The Hall–Kier alpha value is -3.54.